The molecule has 0 saturated heterocycles. The second-order valence-corrected chi connectivity index (χ2v) is 15.3. The molecule has 9 nitrogen and oxygen atoms in total. The van der Waals surface area contributed by atoms with Gasteiger partial charge in [-0.3, -0.25) is 23.2 Å². The van der Waals surface area contributed by atoms with Crippen LogP contribution in [0.4, 0.5) is 0 Å². The predicted octanol–water partition coefficient (Wildman–Crippen LogP) is 13.0. The van der Waals surface area contributed by atoms with E-state index in [2.05, 4.69) is 13.8 Å². The smallest absolute Gasteiger partial charge is 0.462 e. The van der Waals surface area contributed by atoms with Gasteiger partial charge in [0.25, 0.3) is 0 Å². The lowest BCUT2D eigenvalue weighted by atomic mass is 10.0. The van der Waals surface area contributed by atoms with Crippen molar-refractivity contribution in [1.82, 2.24) is 6.15 Å². The molecular weight excluding hydrogens is 641 g/mol. The molecule has 0 fully saturated rings. The summed E-state index contributed by atoms with van der Waals surface area (Å²) >= 11 is 0. The first-order valence-corrected chi connectivity index (χ1v) is 21.7. The molecule has 0 aromatic heterocycles. The number of hydrogen-bond donors (Lipinski definition) is 1. The molecule has 0 radical (unpaired) electrons. The molecule has 294 valence electrons. The first kappa shape index (κ1) is 50.1. The summed E-state index contributed by atoms with van der Waals surface area (Å²) in [4.78, 5) is 25.1. The number of quaternary nitrogens is 1. The Morgan fingerprint density at radius 1 is 0.490 bits per heavy atom. The number of phosphoric acid groups is 1. The van der Waals surface area contributed by atoms with E-state index in [4.69, 9.17) is 23.0 Å². The van der Waals surface area contributed by atoms with E-state index >= 15 is 0 Å². The molecule has 0 heterocycles. The van der Waals surface area contributed by atoms with Gasteiger partial charge in [-0.05, 0) is 19.3 Å². The number of hydrogen-bond acceptors (Lipinski definition) is 8. The van der Waals surface area contributed by atoms with E-state index in [0.717, 1.165) is 38.5 Å². The van der Waals surface area contributed by atoms with Gasteiger partial charge in [-0.25, -0.2) is 4.57 Å². The molecule has 0 bridgehead atoms. The minimum atomic E-state index is -3.79. The molecule has 0 aliphatic rings. The molecule has 0 amide bonds. The van der Waals surface area contributed by atoms with Crippen LogP contribution in [0.25, 0.3) is 0 Å². The number of esters is 2. The maximum atomic E-state index is 12.7. The summed E-state index contributed by atoms with van der Waals surface area (Å²) in [6.07, 6.45) is 32.5. The zero-order valence-electron chi connectivity index (χ0n) is 32.9. The van der Waals surface area contributed by atoms with Crippen LogP contribution in [0.2, 0.25) is 0 Å². The molecule has 0 saturated carbocycles. The number of carbonyl (C=O) groups is 2. The van der Waals surface area contributed by atoms with Crippen molar-refractivity contribution in [3.05, 3.63) is 0 Å². The fourth-order valence-electron chi connectivity index (χ4n) is 5.71. The van der Waals surface area contributed by atoms with Crippen molar-refractivity contribution in [2.75, 3.05) is 26.9 Å². The van der Waals surface area contributed by atoms with Crippen LogP contribution < -0.4 is 6.15 Å². The largest absolute Gasteiger partial charge is 0.474 e. The van der Waals surface area contributed by atoms with E-state index in [1.54, 1.807) is 0 Å². The average molecular weight is 723 g/mol. The van der Waals surface area contributed by atoms with E-state index < -0.39 is 13.9 Å². The van der Waals surface area contributed by atoms with Crippen molar-refractivity contribution in [2.45, 2.75) is 213 Å². The third-order valence-corrected chi connectivity index (χ3v) is 10.2. The summed E-state index contributed by atoms with van der Waals surface area (Å²) in [6, 6.07) is 0. The Hall–Kier alpha value is -0.990. The highest BCUT2D eigenvalue weighted by atomic mass is 31.2. The molecule has 0 spiro atoms. The Bertz CT molecular complexity index is 769. The van der Waals surface area contributed by atoms with Gasteiger partial charge in [0, 0.05) is 20.0 Å². The van der Waals surface area contributed by atoms with Crippen molar-refractivity contribution >= 4 is 19.8 Å². The molecule has 0 aliphatic carbocycles. The normalized spacial score (nSPS) is 13.1. The molecule has 2 atom stereocenters. The Kier molecular flexibility index (Phi) is 39.1. The van der Waals surface area contributed by atoms with Crippen LogP contribution in [-0.2, 0) is 37.2 Å². The van der Waals surface area contributed by atoms with Gasteiger partial charge in [0.2, 0.25) is 0 Å². The summed E-state index contributed by atoms with van der Waals surface area (Å²) in [7, 11) is -2.54. The van der Waals surface area contributed by atoms with E-state index in [9.17, 15) is 14.2 Å². The van der Waals surface area contributed by atoms with Gasteiger partial charge < -0.3 is 15.6 Å². The number of unbranched alkanes of at least 4 members (excludes halogenated alkanes) is 24. The van der Waals surface area contributed by atoms with Gasteiger partial charge in [0.1, 0.15) is 6.61 Å². The first-order valence-electron chi connectivity index (χ1n) is 20.2. The first-order chi connectivity index (χ1) is 23.4. The average Bonchev–Trinajstić information content (AvgIpc) is 3.09. The summed E-state index contributed by atoms with van der Waals surface area (Å²) in [5.41, 5.74) is 0. The summed E-state index contributed by atoms with van der Waals surface area (Å²) < 4.78 is 39.4. The van der Waals surface area contributed by atoms with Crippen LogP contribution in [0.3, 0.4) is 0 Å². The Morgan fingerprint density at radius 2 is 0.857 bits per heavy atom. The molecular formula is C39H81NO8P+. The third kappa shape index (κ3) is 35.2. The van der Waals surface area contributed by atoms with Gasteiger partial charge in [0.05, 0.1) is 13.2 Å². The van der Waals surface area contributed by atoms with Crippen LogP contribution in [0.1, 0.15) is 207 Å². The van der Waals surface area contributed by atoms with Gasteiger partial charge in [-0.15, -0.1) is 0 Å². The number of phosphoric ester groups is 1. The summed E-state index contributed by atoms with van der Waals surface area (Å²) in [6.45, 7) is 6.21. The highest BCUT2D eigenvalue weighted by Crippen LogP contribution is 2.48. The molecule has 0 aromatic carbocycles. The quantitative estimate of drug-likeness (QED) is 0.0378. The second kappa shape index (κ2) is 38.2. The van der Waals surface area contributed by atoms with Gasteiger partial charge in [-0.2, -0.15) is 0 Å². The highest BCUT2D eigenvalue weighted by Gasteiger charge is 2.28. The van der Waals surface area contributed by atoms with E-state index in [-0.39, 0.29) is 44.3 Å². The fraction of sp³-hybridized carbons (Fsp3) is 0.949. The van der Waals surface area contributed by atoms with E-state index in [0.29, 0.717) is 12.8 Å². The van der Waals surface area contributed by atoms with Crippen molar-refractivity contribution in [2.24, 2.45) is 0 Å². The highest BCUT2D eigenvalue weighted by molar-refractivity contribution is 7.48. The molecule has 10 heteroatoms. The summed E-state index contributed by atoms with van der Waals surface area (Å²) in [5, 5.41) is 0. The van der Waals surface area contributed by atoms with E-state index in [1.807, 2.05) is 6.92 Å². The van der Waals surface area contributed by atoms with Crippen LogP contribution >= 0.6 is 7.82 Å². The van der Waals surface area contributed by atoms with Crippen molar-refractivity contribution in [1.29, 1.82) is 0 Å². The van der Waals surface area contributed by atoms with E-state index in [1.165, 1.54) is 136 Å². The zero-order chi connectivity index (χ0) is 35.4. The number of rotatable bonds is 38. The van der Waals surface area contributed by atoms with Gasteiger partial charge in [-0.1, -0.05) is 175 Å². The minimum Gasteiger partial charge on any atom is -0.462 e. The molecule has 0 aliphatic heterocycles. The molecule has 49 heavy (non-hydrogen) atoms. The SMILES string of the molecule is CCCCCCCCCCCCCCCC(=O)OCC(COP(=O)(OC)OCCC)OC(=O)CCCCCCCCCCCCCCC.[NH4+]. The Labute approximate surface area is 302 Å². The van der Waals surface area contributed by atoms with Crippen LogP contribution in [-0.4, -0.2) is 45.0 Å². The Morgan fingerprint density at radius 3 is 1.22 bits per heavy atom. The van der Waals surface area contributed by atoms with Crippen LogP contribution in [0.5, 0.6) is 0 Å². The van der Waals surface area contributed by atoms with Gasteiger partial charge in [0.15, 0.2) is 6.10 Å². The fourth-order valence-corrected chi connectivity index (χ4v) is 6.75. The lowest BCUT2D eigenvalue weighted by molar-refractivity contribution is -0.161. The maximum Gasteiger partial charge on any atom is 0.474 e. The van der Waals surface area contributed by atoms with Crippen LogP contribution in [0, 0.1) is 0 Å². The zero-order valence-corrected chi connectivity index (χ0v) is 33.8. The standard InChI is InChI=1S/C39H77O8P.H3N/c1-5-8-10-12-14-16-18-20-22-24-26-28-30-32-38(40)44-35-37(36-46-48(42,43-4)45-34-7-3)47-39(41)33-31-29-27-25-23-21-19-17-15-13-11-9-6-2;/h37H,5-36H2,1-4H3;1H3/p+1. The Balaban J connectivity index is 0. The maximum absolute atomic E-state index is 12.7. The molecule has 2 unspecified atom stereocenters. The summed E-state index contributed by atoms with van der Waals surface area (Å²) in [5.74, 6) is -0.700. The molecule has 4 N–H and O–H groups in total. The number of ether oxygens (including phenoxy) is 2. The number of carbonyl (C=O) groups excluding carboxylic acids is 2. The van der Waals surface area contributed by atoms with Crippen molar-refractivity contribution < 1.29 is 37.2 Å². The lowest BCUT2D eigenvalue weighted by Crippen LogP contribution is -2.29. The van der Waals surface area contributed by atoms with Gasteiger partial charge >= 0.3 is 19.8 Å². The lowest BCUT2D eigenvalue weighted by Gasteiger charge is -2.21. The molecule has 0 aromatic rings. The molecule has 0 rings (SSSR count). The minimum absolute atomic E-state index is 0. The van der Waals surface area contributed by atoms with Crippen molar-refractivity contribution in [3.8, 4) is 0 Å². The topological polar surface area (TPSA) is 134 Å². The van der Waals surface area contributed by atoms with Crippen LogP contribution in [0.15, 0.2) is 0 Å². The van der Waals surface area contributed by atoms with Crippen molar-refractivity contribution in [3.63, 3.8) is 0 Å². The predicted molar refractivity (Wildman–Crippen MR) is 204 cm³/mol. The monoisotopic (exact) mass is 723 g/mol. The third-order valence-electron chi connectivity index (χ3n) is 8.79. The second-order valence-electron chi connectivity index (χ2n) is 13.5.